The van der Waals surface area contributed by atoms with E-state index in [9.17, 15) is 4.79 Å². The second-order valence-corrected chi connectivity index (χ2v) is 5.29. The minimum atomic E-state index is -0.281. The first-order chi connectivity index (χ1) is 7.79. The standard InChI is InChI=1S/C13H15NO2/c15-12-7-9-4-5-10-8-13(9,16-12)11-3-1-2-6-14(10)11/h4-5,7,10-11H,1-3,6,8H2/t10?,11?,13-/m1/s1. The number of piperidine rings is 1. The molecule has 16 heavy (non-hydrogen) atoms. The smallest absolute Gasteiger partial charge is 0.332 e. The summed E-state index contributed by atoms with van der Waals surface area (Å²) in [6.07, 6.45) is 10.7. The van der Waals surface area contributed by atoms with Gasteiger partial charge in [-0.2, -0.15) is 0 Å². The molecule has 0 radical (unpaired) electrons. The molecule has 0 aromatic carbocycles. The summed E-state index contributed by atoms with van der Waals surface area (Å²) in [6.45, 7) is 1.16. The molecular formula is C13H15NO2. The van der Waals surface area contributed by atoms with E-state index in [1.165, 1.54) is 19.3 Å². The van der Waals surface area contributed by atoms with Crippen molar-refractivity contribution < 1.29 is 9.53 Å². The van der Waals surface area contributed by atoms with Crippen molar-refractivity contribution in [2.24, 2.45) is 0 Å². The zero-order valence-corrected chi connectivity index (χ0v) is 9.19. The predicted molar refractivity (Wildman–Crippen MR) is 58.8 cm³/mol. The van der Waals surface area contributed by atoms with Crippen LogP contribution in [0.4, 0.5) is 0 Å². The molecule has 1 spiro atoms. The zero-order valence-electron chi connectivity index (χ0n) is 9.19. The van der Waals surface area contributed by atoms with Gasteiger partial charge in [0.2, 0.25) is 0 Å². The number of carbonyl (C=O) groups is 1. The fourth-order valence-corrected chi connectivity index (χ4v) is 3.94. The van der Waals surface area contributed by atoms with Gasteiger partial charge in [-0.25, -0.2) is 4.79 Å². The van der Waals surface area contributed by atoms with E-state index in [1.807, 2.05) is 0 Å². The maximum absolute atomic E-state index is 11.5. The van der Waals surface area contributed by atoms with E-state index in [-0.39, 0.29) is 11.6 Å². The van der Waals surface area contributed by atoms with Crippen LogP contribution in [-0.2, 0) is 9.53 Å². The molecule has 84 valence electrons. The summed E-state index contributed by atoms with van der Waals surface area (Å²) >= 11 is 0. The van der Waals surface area contributed by atoms with Crippen molar-refractivity contribution in [2.75, 3.05) is 6.54 Å². The molecule has 0 amide bonds. The second-order valence-electron chi connectivity index (χ2n) is 5.29. The Bertz CT molecular complexity index is 426. The third-order valence-electron chi connectivity index (χ3n) is 4.56. The monoisotopic (exact) mass is 217 g/mol. The van der Waals surface area contributed by atoms with E-state index < -0.39 is 0 Å². The Balaban J connectivity index is 1.84. The molecule has 0 N–H and O–H groups in total. The number of rotatable bonds is 0. The molecule has 3 atom stereocenters. The van der Waals surface area contributed by atoms with Crippen molar-refractivity contribution in [3.05, 3.63) is 23.8 Å². The van der Waals surface area contributed by atoms with Gasteiger partial charge < -0.3 is 4.74 Å². The number of fused-ring (bicyclic) bond motifs is 3. The fraction of sp³-hybridized carbons (Fsp3) is 0.615. The van der Waals surface area contributed by atoms with Crippen LogP contribution < -0.4 is 0 Å². The molecule has 4 aliphatic rings. The van der Waals surface area contributed by atoms with Gasteiger partial charge in [0.15, 0.2) is 5.60 Å². The molecule has 2 saturated heterocycles. The van der Waals surface area contributed by atoms with E-state index in [0.717, 1.165) is 18.5 Å². The molecule has 2 unspecified atom stereocenters. The molecule has 2 bridgehead atoms. The molecule has 0 aromatic heterocycles. The Morgan fingerprint density at radius 1 is 1.44 bits per heavy atom. The number of carbonyl (C=O) groups excluding carboxylic acids is 1. The molecule has 3 heteroatoms. The highest BCUT2D eigenvalue weighted by molar-refractivity contribution is 5.88. The predicted octanol–water partition coefficient (Wildman–Crippen LogP) is 1.41. The maximum atomic E-state index is 11.5. The van der Waals surface area contributed by atoms with Gasteiger partial charge in [-0.15, -0.1) is 0 Å². The highest BCUT2D eigenvalue weighted by Crippen LogP contribution is 2.51. The molecule has 3 heterocycles. The van der Waals surface area contributed by atoms with Gasteiger partial charge in [0, 0.05) is 24.1 Å². The van der Waals surface area contributed by atoms with Crippen LogP contribution in [0.2, 0.25) is 0 Å². The first kappa shape index (κ1) is 8.99. The highest BCUT2D eigenvalue weighted by atomic mass is 16.6. The fourth-order valence-electron chi connectivity index (χ4n) is 3.94. The summed E-state index contributed by atoms with van der Waals surface area (Å²) in [6, 6.07) is 0.923. The number of esters is 1. The van der Waals surface area contributed by atoms with Crippen LogP contribution >= 0.6 is 0 Å². The molecular weight excluding hydrogens is 202 g/mol. The Kier molecular flexibility index (Phi) is 1.56. The third-order valence-corrected chi connectivity index (χ3v) is 4.56. The van der Waals surface area contributed by atoms with Crippen LogP contribution in [0.15, 0.2) is 23.8 Å². The lowest BCUT2D eigenvalue weighted by molar-refractivity contribution is -0.148. The van der Waals surface area contributed by atoms with Gasteiger partial charge >= 0.3 is 5.97 Å². The van der Waals surface area contributed by atoms with Crippen LogP contribution in [-0.4, -0.2) is 35.1 Å². The number of hydrogen-bond acceptors (Lipinski definition) is 3. The molecule has 4 rings (SSSR count). The number of nitrogens with zero attached hydrogens (tertiary/aromatic N) is 1. The van der Waals surface area contributed by atoms with Gasteiger partial charge in [-0.05, 0) is 19.4 Å². The Morgan fingerprint density at radius 2 is 2.38 bits per heavy atom. The van der Waals surface area contributed by atoms with Crippen LogP contribution in [0.5, 0.6) is 0 Å². The highest BCUT2D eigenvalue weighted by Gasteiger charge is 2.59. The summed E-state index contributed by atoms with van der Waals surface area (Å²) in [5, 5.41) is 0. The Labute approximate surface area is 94.8 Å². The van der Waals surface area contributed by atoms with Crippen LogP contribution in [0.3, 0.4) is 0 Å². The Hall–Kier alpha value is -1.09. The Morgan fingerprint density at radius 3 is 3.31 bits per heavy atom. The lowest BCUT2D eigenvalue weighted by Crippen LogP contribution is -2.48. The van der Waals surface area contributed by atoms with E-state index in [4.69, 9.17) is 4.74 Å². The number of ether oxygens (including phenoxy) is 1. The summed E-state index contributed by atoms with van der Waals surface area (Å²) < 4.78 is 5.69. The van der Waals surface area contributed by atoms with Crippen molar-refractivity contribution in [3.63, 3.8) is 0 Å². The topological polar surface area (TPSA) is 29.5 Å². The van der Waals surface area contributed by atoms with E-state index in [1.54, 1.807) is 6.08 Å². The van der Waals surface area contributed by atoms with Gasteiger partial charge in [-0.1, -0.05) is 18.6 Å². The van der Waals surface area contributed by atoms with Gasteiger partial charge in [0.05, 0.1) is 6.04 Å². The van der Waals surface area contributed by atoms with Crippen LogP contribution in [0, 0.1) is 0 Å². The molecule has 3 aliphatic heterocycles. The van der Waals surface area contributed by atoms with Crippen molar-refractivity contribution in [3.8, 4) is 0 Å². The molecule has 0 aromatic rings. The molecule has 1 aliphatic carbocycles. The summed E-state index contributed by atoms with van der Waals surface area (Å²) in [4.78, 5) is 14.1. The summed E-state index contributed by atoms with van der Waals surface area (Å²) in [5.74, 6) is -0.146. The van der Waals surface area contributed by atoms with E-state index in [2.05, 4.69) is 17.1 Å². The second kappa shape index (κ2) is 2.77. The minimum Gasteiger partial charge on any atom is -0.449 e. The van der Waals surface area contributed by atoms with Gasteiger partial charge in [0.1, 0.15) is 0 Å². The van der Waals surface area contributed by atoms with Crippen LogP contribution in [0.1, 0.15) is 25.7 Å². The van der Waals surface area contributed by atoms with Crippen molar-refractivity contribution >= 4 is 5.97 Å². The lowest BCUT2D eigenvalue weighted by atomic mass is 9.80. The summed E-state index contributed by atoms with van der Waals surface area (Å²) in [5.41, 5.74) is 0.833. The maximum Gasteiger partial charge on any atom is 0.332 e. The van der Waals surface area contributed by atoms with Crippen molar-refractivity contribution in [2.45, 2.75) is 43.4 Å². The van der Waals surface area contributed by atoms with Gasteiger partial charge in [0.25, 0.3) is 0 Å². The van der Waals surface area contributed by atoms with E-state index >= 15 is 0 Å². The molecule has 2 fully saturated rings. The third kappa shape index (κ3) is 0.908. The van der Waals surface area contributed by atoms with Crippen LogP contribution in [0.25, 0.3) is 0 Å². The van der Waals surface area contributed by atoms with Crippen molar-refractivity contribution in [1.82, 2.24) is 4.90 Å². The SMILES string of the molecule is O=C1C=C2C=CC3C[C@]2(O1)C1CCCCN31. The molecule has 0 saturated carbocycles. The molecule has 3 nitrogen and oxygen atoms in total. The van der Waals surface area contributed by atoms with E-state index in [0.29, 0.717) is 12.1 Å². The minimum absolute atomic E-state index is 0.146. The summed E-state index contributed by atoms with van der Waals surface area (Å²) in [7, 11) is 0. The number of hydrogen-bond donors (Lipinski definition) is 0. The first-order valence-corrected chi connectivity index (χ1v) is 6.19. The average molecular weight is 217 g/mol. The van der Waals surface area contributed by atoms with Crippen molar-refractivity contribution in [1.29, 1.82) is 0 Å². The largest absolute Gasteiger partial charge is 0.449 e. The average Bonchev–Trinajstić information content (AvgIpc) is 2.76. The van der Waals surface area contributed by atoms with Gasteiger partial charge in [-0.3, -0.25) is 4.90 Å². The lowest BCUT2D eigenvalue weighted by Gasteiger charge is -2.37. The quantitative estimate of drug-likeness (QED) is 0.574. The normalized spacial score (nSPS) is 45.0. The zero-order chi connectivity index (χ0) is 10.8. The first-order valence-electron chi connectivity index (χ1n) is 6.19.